The van der Waals surface area contributed by atoms with Crippen LogP contribution in [0.2, 0.25) is 0 Å². The lowest BCUT2D eigenvalue weighted by Gasteiger charge is -2.35. The van der Waals surface area contributed by atoms with Gasteiger partial charge >= 0.3 is 0 Å². The van der Waals surface area contributed by atoms with Crippen molar-refractivity contribution in [2.45, 2.75) is 99.6 Å². The molecule has 5 saturated carbocycles. The van der Waals surface area contributed by atoms with E-state index in [0.717, 1.165) is 86.1 Å². The second-order valence-corrected chi connectivity index (χ2v) is 16.8. The largest absolute Gasteiger partial charge is 0.155 e. The Hall–Kier alpha value is 0.180. The molecule has 7 aliphatic carbocycles. The molecule has 15 unspecified atom stereocenters. The molecule has 4 bridgehead atoms. The molecule has 0 saturated heterocycles. The highest BCUT2D eigenvalue weighted by Crippen LogP contribution is 2.62. The Morgan fingerprint density at radius 2 is 1.58 bits per heavy atom. The quantitative estimate of drug-likeness (QED) is 0.360. The van der Waals surface area contributed by atoms with E-state index < -0.39 is 0 Å². The summed E-state index contributed by atoms with van der Waals surface area (Å²) in [4.78, 5) is 0. The molecule has 15 atom stereocenters. The zero-order valence-electron chi connectivity index (χ0n) is 21.2. The van der Waals surface area contributed by atoms with Gasteiger partial charge in [0.25, 0.3) is 0 Å². The minimum Gasteiger partial charge on any atom is -0.155 e. The molecule has 0 nitrogen and oxygen atoms in total. The number of hydrogen-bond donors (Lipinski definition) is 0. The van der Waals surface area contributed by atoms with E-state index in [9.17, 15) is 0 Å². The van der Waals surface area contributed by atoms with Gasteiger partial charge in [0.2, 0.25) is 0 Å². The maximum absolute atomic E-state index is 2.65. The lowest BCUT2D eigenvalue weighted by molar-refractivity contribution is 0.290. The summed E-state index contributed by atoms with van der Waals surface area (Å²) >= 11 is 4.95. The van der Waals surface area contributed by atoms with Crippen molar-refractivity contribution in [1.29, 1.82) is 0 Å². The van der Waals surface area contributed by atoms with Crippen molar-refractivity contribution in [3.8, 4) is 0 Å². The number of fused-ring (bicyclic) bond motifs is 8. The first kappa shape index (κ1) is 22.4. The van der Waals surface area contributed by atoms with Gasteiger partial charge in [-0.05, 0) is 123 Å². The van der Waals surface area contributed by atoms with E-state index in [4.69, 9.17) is 0 Å². The van der Waals surface area contributed by atoms with Crippen molar-refractivity contribution in [2.75, 3.05) is 0 Å². The topological polar surface area (TPSA) is 0 Å². The first-order chi connectivity index (χ1) is 16.0. The van der Waals surface area contributed by atoms with Crippen molar-refractivity contribution >= 4 is 23.5 Å². The van der Waals surface area contributed by atoms with Crippen LogP contribution in [0.5, 0.6) is 0 Å². The predicted octanol–water partition coefficient (Wildman–Crippen LogP) is 8.48. The summed E-state index contributed by atoms with van der Waals surface area (Å²) < 4.78 is 0. The molecule has 2 heteroatoms. The second-order valence-electron chi connectivity index (χ2n) is 13.7. The minimum absolute atomic E-state index is 0.815. The lowest BCUT2D eigenvalue weighted by atomic mass is 9.81. The van der Waals surface area contributed by atoms with Gasteiger partial charge in [-0.15, -0.1) is 0 Å². The zero-order chi connectivity index (χ0) is 22.3. The molecule has 0 spiro atoms. The van der Waals surface area contributed by atoms with Crippen LogP contribution in [0, 0.1) is 65.1 Å². The molecule has 7 rings (SSSR count). The normalized spacial score (nSPS) is 56.9. The summed E-state index contributed by atoms with van der Waals surface area (Å²) in [5.41, 5.74) is 0. The Morgan fingerprint density at radius 1 is 0.727 bits per heavy atom. The highest BCUT2D eigenvalue weighted by atomic mass is 32.2. The molecule has 0 heterocycles. The van der Waals surface area contributed by atoms with Gasteiger partial charge in [0.05, 0.1) is 0 Å². The number of allylic oxidation sites excluding steroid dienone is 4. The van der Waals surface area contributed by atoms with Gasteiger partial charge in [-0.1, -0.05) is 45.1 Å². The van der Waals surface area contributed by atoms with Gasteiger partial charge in [0, 0.05) is 21.0 Å². The van der Waals surface area contributed by atoms with Crippen molar-refractivity contribution < 1.29 is 0 Å². The van der Waals surface area contributed by atoms with Crippen LogP contribution in [0.15, 0.2) is 24.3 Å². The van der Waals surface area contributed by atoms with E-state index in [1.807, 2.05) is 0 Å². The third-order valence-corrected chi connectivity index (χ3v) is 15.4. The highest BCUT2D eigenvalue weighted by Gasteiger charge is 2.54. The molecule has 0 aromatic rings. The smallest absolute Gasteiger partial charge is 0.00866 e. The second kappa shape index (κ2) is 8.64. The van der Waals surface area contributed by atoms with E-state index in [1.165, 1.54) is 32.1 Å². The van der Waals surface area contributed by atoms with Crippen molar-refractivity contribution in [3.63, 3.8) is 0 Å². The van der Waals surface area contributed by atoms with Crippen molar-refractivity contribution in [1.82, 2.24) is 0 Å². The van der Waals surface area contributed by atoms with Crippen molar-refractivity contribution in [3.05, 3.63) is 24.3 Å². The molecule has 0 aromatic heterocycles. The Morgan fingerprint density at radius 3 is 2.48 bits per heavy atom. The Kier molecular flexibility index (Phi) is 5.86. The van der Waals surface area contributed by atoms with E-state index in [2.05, 4.69) is 68.6 Å². The molecule has 7 aliphatic rings. The van der Waals surface area contributed by atoms with Gasteiger partial charge in [0.1, 0.15) is 0 Å². The van der Waals surface area contributed by atoms with Gasteiger partial charge in [0.15, 0.2) is 0 Å². The average Bonchev–Trinajstić information content (AvgIpc) is 3.57. The van der Waals surface area contributed by atoms with E-state index in [-0.39, 0.29) is 0 Å². The molecule has 0 N–H and O–H groups in total. The summed E-state index contributed by atoms with van der Waals surface area (Å²) in [6.45, 7) is 7.77. The van der Waals surface area contributed by atoms with Crippen LogP contribution in [0.3, 0.4) is 0 Å². The third-order valence-electron chi connectivity index (χ3n) is 12.1. The van der Waals surface area contributed by atoms with Crippen molar-refractivity contribution in [2.24, 2.45) is 65.1 Å². The Labute approximate surface area is 212 Å². The van der Waals surface area contributed by atoms with Gasteiger partial charge in [-0.25, -0.2) is 0 Å². The number of rotatable bonds is 5. The van der Waals surface area contributed by atoms with E-state index in [1.54, 1.807) is 25.7 Å². The summed E-state index contributed by atoms with van der Waals surface area (Å²) in [5.74, 6) is 10.9. The Bertz CT molecular complexity index is 801. The summed E-state index contributed by atoms with van der Waals surface area (Å²) in [6, 6.07) is 0. The SMILES string of the molecule is CC1C=CCC2CC(SC3CC4C(C)CC(C(C)SC5CC6CC5C5C=CCC65)C4C3)C1C2. The highest BCUT2D eigenvalue weighted by molar-refractivity contribution is 8.00. The van der Waals surface area contributed by atoms with Gasteiger partial charge < -0.3 is 0 Å². The molecule has 33 heavy (non-hydrogen) atoms. The molecular formula is C31H46S2. The molecule has 0 radical (unpaired) electrons. The summed E-state index contributed by atoms with van der Waals surface area (Å²) in [5, 5.41) is 3.79. The Balaban J connectivity index is 0.986. The maximum atomic E-state index is 2.65. The van der Waals surface area contributed by atoms with Crippen LogP contribution in [0.25, 0.3) is 0 Å². The number of thioether (sulfide) groups is 2. The standard InChI is InChI=1S/C31H46S2/c1-17-6-4-7-20-11-26(17)30(12-20)33-22-15-25-18(2)10-27(28(25)16-22)19(3)32-31-14-21-13-29(31)24-9-5-8-23(21)24/h4-6,9,17-31H,7-8,10-16H2,1-3H3. The van der Waals surface area contributed by atoms with Gasteiger partial charge in [-0.2, -0.15) is 23.5 Å². The summed E-state index contributed by atoms with van der Waals surface area (Å²) in [7, 11) is 0. The zero-order valence-corrected chi connectivity index (χ0v) is 22.8. The molecular weight excluding hydrogens is 436 g/mol. The lowest BCUT2D eigenvalue weighted by Crippen LogP contribution is -2.29. The fourth-order valence-electron chi connectivity index (χ4n) is 10.6. The van der Waals surface area contributed by atoms with Crippen LogP contribution in [-0.4, -0.2) is 21.0 Å². The van der Waals surface area contributed by atoms with Crippen LogP contribution >= 0.6 is 23.5 Å². The average molecular weight is 483 g/mol. The monoisotopic (exact) mass is 482 g/mol. The van der Waals surface area contributed by atoms with E-state index in [0.29, 0.717) is 0 Å². The van der Waals surface area contributed by atoms with Crippen LogP contribution in [0.1, 0.15) is 78.6 Å². The molecule has 0 aromatic carbocycles. The number of hydrogen-bond acceptors (Lipinski definition) is 2. The fourth-order valence-corrected chi connectivity index (χ4v) is 14.6. The first-order valence-electron chi connectivity index (χ1n) is 14.7. The van der Waals surface area contributed by atoms with Crippen LogP contribution in [0.4, 0.5) is 0 Å². The maximum Gasteiger partial charge on any atom is 0.00866 e. The van der Waals surface area contributed by atoms with Crippen LogP contribution in [-0.2, 0) is 0 Å². The molecule has 5 fully saturated rings. The fraction of sp³-hybridized carbons (Fsp3) is 0.871. The van der Waals surface area contributed by atoms with E-state index >= 15 is 0 Å². The minimum atomic E-state index is 0.815. The molecule has 182 valence electrons. The first-order valence-corrected chi connectivity index (χ1v) is 16.6. The third kappa shape index (κ3) is 3.77. The molecule has 0 aliphatic heterocycles. The predicted molar refractivity (Wildman–Crippen MR) is 146 cm³/mol. The van der Waals surface area contributed by atoms with Gasteiger partial charge in [-0.3, -0.25) is 0 Å². The van der Waals surface area contributed by atoms with Crippen LogP contribution < -0.4 is 0 Å². The molecule has 0 amide bonds. The summed E-state index contributed by atoms with van der Waals surface area (Å²) in [6.07, 6.45) is 23.7.